The van der Waals surface area contributed by atoms with Gasteiger partial charge >= 0.3 is 5.97 Å². The molecule has 0 radical (unpaired) electrons. The summed E-state index contributed by atoms with van der Waals surface area (Å²) in [5.74, 6) is 0.0631. The minimum Gasteiger partial charge on any atom is -0.481 e. The van der Waals surface area contributed by atoms with E-state index in [0.29, 0.717) is 18.7 Å². The summed E-state index contributed by atoms with van der Waals surface area (Å²) in [6, 6.07) is 3.62. The molecule has 20 heavy (non-hydrogen) atoms. The lowest BCUT2D eigenvalue weighted by molar-refractivity contribution is -0.137. The van der Waals surface area contributed by atoms with Crippen LogP contribution in [0.3, 0.4) is 0 Å². The van der Waals surface area contributed by atoms with Gasteiger partial charge in [0.05, 0.1) is 5.69 Å². The zero-order valence-corrected chi connectivity index (χ0v) is 11.9. The van der Waals surface area contributed by atoms with E-state index < -0.39 is 5.97 Å². The summed E-state index contributed by atoms with van der Waals surface area (Å²) >= 11 is 0. The Morgan fingerprint density at radius 2 is 2.15 bits per heavy atom. The molecule has 0 unspecified atom stereocenters. The van der Waals surface area contributed by atoms with Gasteiger partial charge in [0, 0.05) is 23.9 Å². The number of hydrogen-bond acceptors (Lipinski definition) is 4. The van der Waals surface area contributed by atoms with Crippen LogP contribution >= 0.6 is 0 Å². The minimum atomic E-state index is -0.802. The third-order valence-electron chi connectivity index (χ3n) is 3.52. The number of nitrogens with zero attached hydrogens (tertiary/aromatic N) is 1. The third kappa shape index (κ3) is 3.56. The van der Waals surface area contributed by atoms with Gasteiger partial charge < -0.3 is 10.4 Å². The molecule has 0 aliphatic heterocycles. The van der Waals surface area contributed by atoms with Crippen molar-refractivity contribution >= 4 is 17.6 Å². The molecule has 108 valence electrons. The lowest BCUT2D eigenvalue weighted by Crippen LogP contribution is -2.32. The zero-order chi connectivity index (χ0) is 14.8. The normalized spacial score (nSPS) is 14.8. The molecule has 0 spiro atoms. The van der Waals surface area contributed by atoms with Crippen molar-refractivity contribution in [2.24, 2.45) is 0 Å². The summed E-state index contributed by atoms with van der Waals surface area (Å²) in [6.07, 6.45) is 2.91. The first-order chi connectivity index (χ1) is 9.37. The van der Waals surface area contributed by atoms with E-state index in [1.807, 2.05) is 19.9 Å². The lowest BCUT2D eigenvalue weighted by Gasteiger charge is -2.27. The number of Topliss-reactive ketones (excluding diaryl/α,β-unsaturated/α-hetero) is 1. The molecule has 0 bridgehead atoms. The van der Waals surface area contributed by atoms with Gasteiger partial charge in [0.1, 0.15) is 5.82 Å². The van der Waals surface area contributed by atoms with Crippen LogP contribution in [0.15, 0.2) is 12.1 Å². The predicted octanol–water partition coefficient (Wildman–Crippen LogP) is 2.66. The van der Waals surface area contributed by atoms with Crippen LogP contribution in [0.2, 0.25) is 0 Å². The van der Waals surface area contributed by atoms with Crippen LogP contribution in [0.4, 0.5) is 5.82 Å². The van der Waals surface area contributed by atoms with E-state index in [9.17, 15) is 9.59 Å². The van der Waals surface area contributed by atoms with E-state index in [1.165, 1.54) is 0 Å². The van der Waals surface area contributed by atoms with Crippen molar-refractivity contribution in [3.63, 3.8) is 0 Å². The van der Waals surface area contributed by atoms with Crippen molar-refractivity contribution in [2.45, 2.75) is 51.5 Å². The fourth-order valence-corrected chi connectivity index (χ4v) is 2.40. The predicted molar refractivity (Wildman–Crippen MR) is 76.1 cm³/mol. The molecular formula is C15H20N2O3. The third-order valence-corrected chi connectivity index (χ3v) is 3.52. The van der Waals surface area contributed by atoms with Crippen LogP contribution in [-0.4, -0.2) is 27.4 Å². The molecule has 1 aromatic rings. The molecule has 0 saturated heterocycles. The summed E-state index contributed by atoms with van der Waals surface area (Å²) in [7, 11) is 0. The molecule has 0 fully saturated rings. The van der Waals surface area contributed by atoms with Crippen molar-refractivity contribution < 1.29 is 14.7 Å². The second-order valence-electron chi connectivity index (χ2n) is 5.87. The van der Waals surface area contributed by atoms with E-state index in [2.05, 4.69) is 10.3 Å². The number of aromatic nitrogens is 1. The molecule has 1 aliphatic rings. The summed E-state index contributed by atoms with van der Waals surface area (Å²) < 4.78 is 0. The Kier molecular flexibility index (Phi) is 4.06. The molecule has 1 heterocycles. The summed E-state index contributed by atoms with van der Waals surface area (Å²) in [5.41, 5.74) is 1.23. The maximum atomic E-state index is 11.7. The van der Waals surface area contributed by atoms with Gasteiger partial charge in [-0.3, -0.25) is 9.59 Å². The van der Waals surface area contributed by atoms with Gasteiger partial charge in [0.25, 0.3) is 0 Å². The van der Waals surface area contributed by atoms with Gasteiger partial charge in [-0.2, -0.15) is 0 Å². The number of carboxylic acids is 1. The molecule has 1 aliphatic carbocycles. The first kappa shape index (κ1) is 14.5. The van der Waals surface area contributed by atoms with Crippen molar-refractivity contribution in [3.05, 3.63) is 23.4 Å². The smallest absolute Gasteiger partial charge is 0.303 e. The number of hydrogen-bond donors (Lipinski definition) is 2. The molecule has 0 amide bonds. The number of carboxylic acid groups (broad SMARTS) is 1. The van der Waals surface area contributed by atoms with Crippen molar-refractivity contribution in [1.82, 2.24) is 4.98 Å². The van der Waals surface area contributed by atoms with E-state index in [-0.39, 0.29) is 17.7 Å². The number of ketones is 1. The molecule has 0 saturated carbocycles. The number of anilines is 1. The number of carbonyl (C=O) groups excluding carboxylic acids is 1. The van der Waals surface area contributed by atoms with Crippen molar-refractivity contribution in [2.75, 3.05) is 5.32 Å². The molecule has 2 rings (SSSR count). The Bertz CT molecular complexity index is 538. The average Bonchev–Trinajstić information content (AvgIpc) is 2.36. The fourth-order valence-electron chi connectivity index (χ4n) is 2.40. The van der Waals surface area contributed by atoms with Gasteiger partial charge in [0.15, 0.2) is 5.78 Å². The Labute approximate surface area is 118 Å². The number of aryl methyl sites for hydroxylation is 1. The van der Waals surface area contributed by atoms with Crippen LogP contribution < -0.4 is 5.32 Å². The van der Waals surface area contributed by atoms with Crippen LogP contribution in [0.25, 0.3) is 0 Å². The highest BCUT2D eigenvalue weighted by Gasteiger charge is 2.22. The van der Waals surface area contributed by atoms with E-state index in [0.717, 1.165) is 24.1 Å². The van der Waals surface area contributed by atoms with E-state index in [1.54, 1.807) is 6.07 Å². The van der Waals surface area contributed by atoms with Gasteiger partial charge in [-0.25, -0.2) is 4.98 Å². The molecule has 1 aromatic heterocycles. The molecule has 5 nitrogen and oxygen atoms in total. The Morgan fingerprint density at radius 1 is 1.40 bits per heavy atom. The SMILES string of the molecule is CC(C)(CCC(=O)O)Nc1ccc2c(n1)CCCC2=O. The standard InChI is InChI=1S/C15H20N2O3/c1-15(2,9-8-14(19)20)17-13-7-6-10-11(16-13)4-3-5-12(10)18/h6-7H,3-5,8-9H2,1-2H3,(H,16,17)(H,19,20). The van der Waals surface area contributed by atoms with Crippen LogP contribution in [0, 0.1) is 0 Å². The quantitative estimate of drug-likeness (QED) is 0.864. The highest BCUT2D eigenvalue weighted by Crippen LogP contribution is 2.24. The maximum Gasteiger partial charge on any atom is 0.303 e. The number of fused-ring (bicyclic) bond motifs is 1. The zero-order valence-electron chi connectivity index (χ0n) is 11.9. The molecule has 2 N–H and O–H groups in total. The lowest BCUT2D eigenvalue weighted by atomic mass is 9.94. The minimum absolute atomic E-state index is 0.115. The van der Waals surface area contributed by atoms with Gasteiger partial charge in [-0.15, -0.1) is 0 Å². The van der Waals surface area contributed by atoms with Gasteiger partial charge in [0.2, 0.25) is 0 Å². The second kappa shape index (κ2) is 5.61. The van der Waals surface area contributed by atoms with Crippen LogP contribution in [-0.2, 0) is 11.2 Å². The Hall–Kier alpha value is -1.91. The number of carbonyl (C=O) groups is 2. The average molecular weight is 276 g/mol. The molecule has 5 heteroatoms. The van der Waals surface area contributed by atoms with E-state index >= 15 is 0 Å². The second-order valence-corrected chi connectivity index (χ2v) is 5.87. The van der Waals surface area contributed by atoms with E-state index in [4.69, 9.17) is 5.11 Å². The topological polar surface area (TPSA) is 79.3 Å². The number of aliphatic carboxylic acids is 1. The number of pyridine rings is 1. The highest BCUT2D eigenvalue weighted by atomic mass is 16.4. The first-order valence-corrected chi connectivity index (χ1v) is 6.90. The number of rotatable bonds is 5. The van der Waals surface area contributed by atoms with Crippen molar-refractivity contribution in [3.8, 4) is 0 Å². The fraction of sp³-hybridized carbons (Fsp3) is 0.533. The van der Waals surface area contributed by atoms with Gasteiger partial charge in [-0.05, 0) is 45.2 Å². The monoisotopic (exact) mass is 276 g/mol. The molecule has 0 aromatic carbocycles. The summed E-state index contributed by atoms with van der Waals surface area (Å²) in [4.78, 5) is 26.9. The summed E-state index contributed by atoms with van der Waals surface area (Å²) in [6.45, 7) is 3.89. The number of nitrogens with one attached hydrogen (secondary N) is 1. The highest BCUT2D eigenvalue weighted by molar-refractivity contribution is 5.98. The van der Waals surface area contributed by atoms with Gasteiger partial charge in [-0.1, -0.05) is 0 Å². The Morgan fingerprint density at radius 3 is 2.85 bits per heavy atom. The largest absolute Gasteiger partial charge is 0.481 e. The molecular weight excluding hydrogens is 256 g/mol. The first-order valence-electron chi connectivity index (χ1n) is 6.90. The Balaban J connectivity index is 2.10. The summed E-state index contributed by atoms with van der Waals surface area (Å²) in [5, 5.41) is 12.0. The molecule has 0 atom stereocenters. The van der Waals surface area contributed by atoms with Crippen LogP contribution in [0.1, 0.15) is 55.6 Å². The van der Waals surface area contributed by atoms with Crippen molar-refractivity contribution in [1.29, 1.82) is 0 Å². The van der Waals surface area contributed by atoms with Crippen LogP contribution in [0.5, 0.6) is 0 Å². The maximum absolute atomic E-state index is 11.7.